The van der Waals surface area contributed by atoms with E-state index in [2.05, 4.69) is 0 Å². The summed E-state index contributed by atoms with van der Waals surface area (Å²) in [5.74, 6) is -0.309. The van der Waals surface area contributed by atoms with Crippen molar-refractivity contribution in [2.45, 2.75) is 5.79 Å². The number of para-hydroxylation sites is 2. The second-order valence-corrected chi connectivity index (χ2v) is 4.57. The average molecular weight is 263 g/mol. The van der Waals surface area contributed by atoms with Gasteiger partial charge in [-0.2, -0.15) is 0 Å². The van der Waals surface area contributed by atoms with Gasteiger partial charge in [-0.05, 0) is 24.3 Å². The number of ether oxygens (including phenoxy) is 2. The highest BCUT2D eigenvalue weighted by atomic mass is 35.5. The number of benzene rings is 2. The third-order valence-corrected chi connectivity index (χ3v) is 3.10. The zero-order chi connectivity index (χ0) is 12.6. The number of hydrogen-bond acceptors (Lipinski definition) is 3. The molecule has 92 valence electrons. The lowest BCUT2D eigenvalue weighted by Crippen LogP contribution is -2.41. The third-order valence-electron chi connectivity index (χ3n) is 2.85. The number of halogens is 1. The lowest BCUT2D eigenvalue weighted by molar-refractivity contribution is -0.182. The SMILES string of the molecule is OC1(c2ccc(Cl)cc2)COc2ccccc2O1. The van der Waals surface area contributed by atoms with E-state index in [1.807, 2.05) is 12.1 Å². The molecule has 0 fully saturated rings. The van der Waals surface area contributed by atoms with Crippen LogP contribution in [0.3, 0.4) is 0 Å². The highest BCUT2D eigenvalue weighted by molar-refractivity contribution is 6.30. The standard InChI is InChI=1S/C14H11ClO3/c15-11-7-5-10(6-8-11)14(16)9-17-12-3-1-2-4-13(12)18-14/h1-8,16H,9H2. The fourth-order valence-electron chi connectivity index (χ4n) is 1.89. The Bertz CT molecular complexity index is 568. The van der Waals surface area contributed by atoms with Gasteiger partial charge in [0.05, 0.1) is 0 Å². The van der Waals surface area contributed by atoms with Crippen LogP contribution in [0.15, 0.2) is 48.5 Å². The smallest absolute Gasteiger partial charge is 0.269 e. The van der Waals surface area contributed by atoms with Crippen LogP contribution in [0.1, 0.15) is 5.56 Å². The summed E-state index contributed by atoms with van der Waals surface area (Å²) < 4.78 is 11.1. The maximum absolute atomic E-state index is 10.5. The molecule has 1 aliphatic rings. The van der Waals surface area contributed by atoms with Gasteiger partial charge in [-0.25, -0.2) is 0 Å². The van der Waals surface area contributed by atoms with Crippen molar-refractivity contribution in [3.8, 4) is 11.5 Å². The molecule has 0 aliphatic carbocycles. The summed E-state index contributed by atoms with van der Waals surface area (Å²) in [6.07, 6.45) is 0. The molecule has 1 atom stereocenters. The molecular weight excluding hydrogens is 252 g/mol. The fraction of sp³-hybridized carbons (Fsp3) is 0.143. The Kier molecular flexibility index (Phi) is 2.65. The number of rotatable bonds is 1. The van der Waals surface area contributed by atoms with Crippen molar-refractivity contribution in [1.29, 1.82) is 0 Å². The van der Waals surface area contributed by atoms with E-state index >= 15 is 0 Å². The highest BCUT2D eigenvalue weighted by Gasteiger charge is 2.37. The van der Waals surface area contributed by atoms with Crippen LogP contribution in [0.25, 0.3) is 0 Å². The van der Waals surface area contributed by atoms with Gasteiger partial charge in [0, 0.05) is 10.6 Å². The Labute approximate surface area is 110 Å². The van der Waals surface area contributed by atoms with Crippen LogP contribution < -0.4 is 9.47 Å². The van der Waals surface area contributed by atoms with Crippen molar-refractivity contribution in [3.63, 3.8) is 0 Å². The minimum absolute atomic E-state index is 0.0473. The van der Waals surface area contributed by atoms with Gasteiger partial charge in [0.15, 0.2) is 18.1 Å². The first-order valence-electron chi connectivity index (χ1n) is 5.57. The van der Waals surface area contributed by atoms with Crippen LogP contribution in [0.2, 0.25) is 5.02 Å². The molecule has 18 heavy (non-hydrogen) atoms. The van der Waals surface area contributed by atoms with Crippen molar-refractivity contribution in [2.24, 2.45) is 0 Å². The van der Waals surface area contributed by atoms with Gasteiger partial charge in [0.25, 0.3) is 5.79 Å². The lowest BCUT2D eigenvalue weighted by Gasteiger charge is -2.34. The molecule has 1 unspecified atom stereocenters. The highest BCUT2D eigenvalue weighted by Crippen LogP contribution is 2.38. The van der Waals surface area contributed by atoms with E-state index in [1.54, 1.807) is 36.4 Å². The van der Waals surface area contributed by atoms with Crippen LogP contribution in [0.5, 0.6) is 11.5 Å². The lowest BCUT2D eigenvalue weighted by atomic mass is 10.1. The molecule has 0 amide bonds. The molecule has 1 heterocycles. The molecule has 3 rings (SSSR count). The predicted octanol–water partition coefficient (Wildman–Crippen LogP) is 2.96. The summed E-state index contributed by atoms with van der Waals surface area (Å²) in [6, 6.07) is 14.1. The van der Waals surface area contributed by atoms with E-state index in [0.717, 1.165) is 0 Å². The van der Waals surface area contributed by atoms with E-state index in [9.17, 15) is 5.11 Å². The minimum atomic E-state index is -1.47. The first kappa shape index (κ1) is 11.4. The van der Waals surface area contributed by atoms with E-state index in [0.29, 0.717) is 22.1 Å². The summed E-state index contributed by atoms with van der Waals surface area (Å²) in [6.45, 7) is 0.0473. The monoisotopic (exact) mass is 262 g/mol. The van der Waals surface area contributed by atoms with Gasteiger partial charge in [-0.1, -0.05) is 35.9 Å². The Hall–Kier alpha value is -1.71. The average Bonchev–Trinajstić information content (AvgIpc) is 2.39. The van der Waals surface area contributed by atoms with E-state index in [4.69, 9.17) is 21.1 Å². The van der Waals surface area contributed by atoms with Gasteiger partial charge in [-0.3, -0.25) is 0 Å². The summed E-state index contributed by atoms with van der Waals surface area (Å²) in [7, 11) is 0. The maximum Gasteiger partial charge on any atom is 0.269 e. The van der Waals surface area contributed by atoms with Gasteiger partial charge >= 0.3 is 0 Å². The van der Waals surface area contributed by atoms with Gasteiger partial charge in [0.1, 0.15) is 0 Å². The Morgan fingerprint density at radius 3 is 2.39 bits per heavy atom. The zero-order valence-electron chi connectivity index (χ0n) is 9.47. The molecule has 0 saturated carbocycles. The molecule has 3 nitrogen and oxygen atoms in total. The summed E-state index contributed by atoms with van der Waals surface area (Å²) in [5.41, 5.74) is 0.612. The van der Waals surface area contributed by atoms with E-state index in [1.165, 1.54) is 0 Å². The molecule has 0 spiro atoms. The van der Waals surface area contributed by atoms with Crippen LogP contribution >= 0.6 is 11.6 Å². The van der Waals surface area contributed by atoms with Crippen LogP contribution in [-0.4, -0.2) is 11.7 Å². The summed E-state index contributed by atoms with van der Waals surface area (Å²) in [4.78, 5) is 0. The van der Waals surface area contributed by atoms with Crippen molar-refractivity contribution in [2.75, 3.05) is 6.61 Å². The van der Waals surface area contributed by atoms with Crippen LogP contribution in [0.4, 0.5) is 0 Å². The Balaban J connectivity index is 1.96. The number of hydrogen-bond donors (Lipinski definition) is 1. The molecular formula is C14H11ClO3. The number of aliphatic hydroxyl groups is 1. The fourth-order valence-corrected chi connectivity index (χ4v) is 2.02. The Morgan fingerprint density at radius 2 is 1.67 bits per heavy atom. The molecule has 4 heteroatoms. The van der Waals surface area contributed by atoms with E-state index in [-0.39, 0.29) is 6.61 Å². The van der Waals surface area contributed by atoms with Crippen LogP contribution in [-0.2, 0) is 5.79 Å². The van der Waals surface area contributed by atoms with Crippen molar-refractivity contribution >= 4 is 11.6 Å². The molecule has 0 saturated heterocycles. The first-order chi connectivity index (χ1) is 8.67. The van der Waals surface area contributed by atoms with Crippen molar-refractivity contribution in [3.05, 3.63) is 59.1 Å². The second kappa shape index (κ2) is 4.19. The predicted molar refractivity (Wildman–Crippen MR) is 67.9 cm³/mol. The largest absolute Gasteiger partial charge is 0.482 e. The molecule has 0 radical (unpaired) electrons. The topological polar surface area (TPSA) is 38.7 Å². The van der Waals surface area contributed by atoms with Crippen molar-refractivity contribution in [1.82, 2.24) is 0 Å². The summed E-state index contributed by atoms with van der Waals surface area (Å²) in [5, 5.41) is 11.1. The first-order valence-corrected chi connectivity index (χ1v) is 5.94. The molecule has 0 bridgehead atoms. The summed E-state index contributed by atoms with van der Waals surface area (Å²) >= 11 is 5.82. The van der Waals surface area contributed by atoms with E-state index < -0.39 is 5.79 Å². The quantitative estimate of drug-likeness (QED) is 0.859. The molecule has 2 aromatic rings. The zero-order valence-corrected chi connectivity index (χ0v) is 10.2. The Morgan fingerprint density at radius 1 is 1.00 bits per heavy atom. The molecule has 1 N–H and O–H groups in total. The molecule has 2 aromatic carbocycles. The molecule has 0 aromatic heterocycles. The van der Waals surface area contributed by atoms with Crippen molar-refractivity contribution < 1.29 is 14.6 Å². The van der Waals surface area contributed by atoms with Crippen LogP contribution in [0, 0.1) is 0 Å². The van der Waals surface area contributed by atoms with Gasteiger partial charge < -0.3 is 14.6 Å². The molecule has 1 aliphatic heterocycles. The van der Waals surface area contributed by atoms with Gasteiger partial charge in [-0.15, -0.1) is 0 Å². The second-order valence-electron chi connectivity index (χ2n) is 4.13. The minimum Gasteiger partial charge on any atom is -0.482 e. The number of fused-ring (bicyclic) bond motifs is 1. The third kappa shape index (κ3) is 1.92. The van der Waals surface area contributed by atoms with Gasteiger partial charge in [0.2, 0.25) is 0 Å². The maximum atomic E-state index is 10.5. The normalized spacial score (nSPS) is 21.7.